The summed E-state index contributed by atoms with van der Waals surface area (Å²) in [7, 11) is 0. The van der Waals surface area contributed by atoms with Crippen LogP contribution in [0.1, 0.15) is 20.3 Å². The van der Waals surface area contributed by atoms with E-state index < -0.39 is 16.4 Å². The van der Waals surface area contributed by atoms with E-state index in [1.165, 1.54) is 6.07 Å². The van der Waals surface area contributed by atoms with E-state index in [1.54, 1.807) is 13.8 Å². The van der Waals surface area contributed by atoms with Gasteiger partial charge in [-0.3, -0.25) is 14.9 Å². The molecule has 1 aromatic heterocycles. The zero-order valence-corrected chi connectivity index (χ0v) is 11.4. The Morgan fingerprint density at radius 1 is 1.67 bits per heavy atom. The molecule has 1 aromatic rings. The minimum absolute atomic E-state index is 0.0991. The number of carboxylic acids is 1. The zero-order valence-electron chi connectivity index (χ0n) is 9.81. The summed E-state index contributed by atoms with van der Waals surface area (Å²) in [6.45, 7) is 3.41. The van der Waals surface area contributed by atoms with Crippen molar-refractivity contribution >= 4 is 33.4 Å². The molecule has 0 amide bonds. The van der Waals surface area contributed by atoms with E-state index >= 15 is 0 Å². The van der Waals surface area contributed by atoms with Gasteiger partial charge in [0.2, 0.25) is 0 Å². The first-order valence-corrected chi connectivity index (χ1v) is 5.80. The lowest BCUT2D eigenvalue weighted by molar-refractivity contribution is -0.385. The summed E-state index contributed by atoms with van der Waals surface area (Å²) >= 11 is 3.16. The summed E-state index contributed by atoms with van der Waals surface area (Å²) in [6.07, 6.45) is 1.02. The molecule has 98 valence electrons. The van der Waals surface area contributed by atoms with E-state index in [-0.39, 0.29) is 12.1 Å². The summed E-state index contributed by atoms with van der Waals surface area (Å²) < 4.78 is 0.412. The van der Waals surface area contributed by atoms with Crippen molar-refractivity contribution in [1.82, 2.24) is 4.98 Å². The standard InChI is InChI=1S/C10H12BrN3O4/c1-10(2,4-8(15)16)13-9-7(11)3-6(5-12-9)14(17)18/h3,5H,4H2,1-2H3,(H,12,13)(H,15,16). The van der Waals surface area contributed by atoms with Crippen LogP contribution in [-0.4, -0.2) is 26.5 Å². The molecule has 0 saturated heterocycles. The van der Waals surface area contributed by atoms with E-state index in [9.17, 15) is 14.9 Å². The summed E-state index contributed by atoms with van der Waals surface area (Å²) in [5.41, 5.74) is -0.847. The Kier molecular flexibility index (Phi) is 4.23. The van der Waals surface area contributed by atoms with Gasteiger partial charge >= 0.3 is 5.97 Å². The molecule has 0 bridgehead atoms. The lowest BCUT2D eigenvalue weighted by Gasteiger charge is -2.25. The average Bonchev–Trinajstić information content (AvgIpc) is 2.18. The number of carbonyl (C=O) groups is 1. The Morgan fingerprint density at radius 3 is 2.72 bits per heavy atom. The Bertz CT molecular complexity index is 490. The van der Waals surface area contributed by atoms with Crippen molar-refractivity contribution in [3.63, 3.8) is 0 Å². The fraction of sp³-hybridized carbons (Fsp3) is 0.400. The molecule has 0 aliphatic heterocycles. The molecular formula is C10H12BrN3O4. The molecule has 7 nitrogen and oxygen atoms in total. The molecule has 0 aliphatic carbocycles. The number of nitrogens with zero attached hydrogens (tertiary/aromatic N) is 2. The molecule has 0 aliphatic rings. The van der Waals surface area contributed by atoms with Crippen LogP contribution in [0.2, 0.25) is 0 Å². The highest BCUT2D eigenvalue weighted by atomic mass is 79.9. The second-order valence-corrected chi connectivity index (χ2v) is 5.21. The van der Waals surface area contributed by atoms with Gasteiger partial charge in [0.05, 0.1) is 15.8 Å². The maximum absolute atomic E-state index is 10.7. The molecule has 0 unspecified atom stereocenters. The quantitative estimate of drug-likeness (QED) is 0.638. The lowest BCUT2D eigenvalue weighted by atomic mass is 10.0. The summed E-state index contributed by atoms with van der Waals surface area (Å²) in [6, 6.07) is 1.31. The van der Waals surface area contributed by atoms with E-state index in [4.69, 9.17) is 5.11 Å². The molecule has 1 rings (SSSR count). The van der Waals surface area contributed by atoms with Gasteiger partial charge in [-0.2, -0.15) is 0 Å². The fourth-order valence-corrected chi connectivity index (χ4v) is 1.80. The number of nitrogens with one attached hydrogen (secondary N) is 1. The number of nitro groups is 1. The summed E-state index contributed by atoms with van der Waals surface area (Å²) in [5, 5.41) is 22.2. The van der Waals surface area contributed by atoms with Crippen molar-refractivity contribution < 1.29 is 14.8 Å². The number of hydrogen-bond donors (Lipinski definition) is 2. The fourth-order valence-electron chi connectivity index (χ4n) is 1.36. The molecule has 0 aromatic carbocycles. The zero-order chi connectivity index (χ0) is 13.9. The predicted molar refractivity (Wildman–Crippen MR) is 68.5 cm³/mol. The molecule has 0 spiro atoms. The van der Waals surface area contributed by atoms with Crippen molar-refractivity contribution in [3.8, 4) is 0 Å². The predicted octanol–water partition coefficient (Wildman–Crippen LogP) is 2.42. The van der Waals surface area contributed by atoms with E-state index in [0.29, 0.717) is 10.3 Å². The Labute approximate surface area is 112 Å². The van der Waals surface area contributed by atoms with Crippen LogP contribution in [0.4, 0.5) is 11.5 Å². The van der Waals surface area contributed by atoms with Crippen molar-refractivity contribution in [2.24, 2.45) is 0 Å². The number of rotatable bonds is 5. The summed E-state index contributed by atoms with van der Waals surface area (Å²) in [4.78, 5) is 24.6. The third-order valence-corrected chi connectivity index (χ3v) is 2.69. The molecule has 2 N–H and O–H groups in total. The molecule has 1 heterocycles. The number of aromatic nitrogens is 1. The number of pyridine rings is 1. The van der Waals surface area contributed by atoms with Gasteiger partial charge in [-0.25, -0.2) is 4.98 Å². The van der Waals surface area contributed by atoms with Crippen LogP contribution >= 0.6 is 15.9 Å². The second kappa shape index (κ2) is 5.30. The van der Waals surface area contributed by atoms with E-state index in [2.05, 4.69) is 26.2 Å². The maximum Gasteiger partial charge on any atom is 0.305 e. The first-order chi connectivity index (χ1) is 8.21. The van der Waals surface area contributed by atoms with Gasteiger partial charge in [0, 0.05) is 11.6 Å². The Balaban J connectivity index is 2.92. The van der Waals surface area contributed by atoms with Gasteiger partial charge in [-0.1, -0.05) is 0 Å². The van der Waals surface area contributed by atoms with Crippen molar-refractivity contribution in [2.45, 2.75) is 25.8 Å². The van der Waals surface area contributed by atoms with Crippen LogP contribution in [0.15, 0.2) is 16.7 Å². The molecule has 0 radical (unpaired) electrons. The van der Waals surface area contributed by atoms with E-state index in [0.717, 1.165) is 6.20 Å². The van der Waals surface area contributed by atoms with Crippen LogP contribution in [0.5, 0.6) is 0 Å². The number of carboxylic acid groups (broad SMARTS) is 1. The van der Waals surface area contributed by atoms with Crippen molar-refractivity contribution in [1.29, 1.82) is 0 Å². The number of aliphatic carboxylic acids is 1. The third-order valence-electron chi connectivity index (χ3n) is 2.09. The average molecular weight is 318 g/mol. The van der Waals surface area contributed by atoms with Crippen LogP contribution in [0.25, 0.3) is 0 Å². The minimum atomic E-state index is -0.939. The third kappa shape index (κ3) is 3.95. The Morgan fingerprint density at radius 2 is 2.28 bits per heavy atom. The second-order valence-electron chi connectivity index (χ2n) is 4.36. The number of halogens is 1. The monoisotopic (exact) mass is 317 g/mol. The molecule has 18 heavy (non-hydrogen) atoms. The first-order valence-electron chi connectivity index (χ1n) is 5.01. The van der Waals surface area contributed by atoms with Crippen molar-refractivity contribution in [2.75, 3.05) is 5.32 Å². The highest BCUT2D eigenvalue weighted by Gasteiger charge is 2.23. The first kappa shape index (κ1) is 14.4. The van der Waals surface area contributed by atoms with E-state index in [1.807, 2.05) is 0 Å². The van der Waals surface area contributed by atoms with Gasteiger partial charge in [0.1, 0.15) is 12.0 Å². The van der Waals surface area contributed by atoms with Gasteiger partial charge in [0.15, 0.2) is 0 Å². The van der Waals surface area contributed by atoms with Crippen LogP contribution in [-0.2, 0) is 4.79 Å². The van der Waals surface area contributed by atoms with Gasteiger partial charge in [0.25, 0.3) is 5.69 Å². The van der Waals surface area contributed by atoms with Gasteiger partial charge in [-0.05, 0) is 29.8 Å². The van der Waals surface area contributed by atoms with Crippen LogP contribution in [0, 0.1) is 10.1 Å². The molecule has 0 saturated carbocycles. The Hall–Kier alpha value is -1.70. The maximum atomic E-state index is 10.7. The molecule has 0 atom stereocenters. The summed E-state index contributed by atoms with van der Waals surface area (Å²) in [5.74, 6) is -0.572. The lowest BCUT2D eigenvalue weighted by Crippen LogP contribution is -2.34. The van der Waals surface area contributed by atoms with Crippen LogP contribution < -0.4 is 5.32 Å². The molecule has 0 fully saturated rings. The SMILES string of the molecule is CC(C)(CC(=O)O)Nc1ncc([N+](=O)[O-])cc1Br. The van der Waals surface area contributed by atoms with Gasteiger partial charge < -0.3 is 10.4 Å². The smallest absolute Gasteiger partial charge is 0.305 e. The molecule has 8 heteroatoms. The highest BCUT2D eigenvalue weighted by Crippen LogP contribution is 2.27. The number of anilines is 1. The molecular weight excluding hydrogens is 306 g/mol. The topological polar surface area (TPSA) is 105 Å². The van der Waals surface area contributed by atoms with Crippen molar-refractivity contribution in [3.05, 3.63) is 26.9 Å². The largest absolute Gasteiger partial charge is 0.481 e. The van der Waals surface area contributed by atoms with Gasteiger partial charge in [-0.15, -0.1) is 0 Å². The highest BCUT2D eigenvalue weighted by molar-refractivity contribution is 9.10. The number of hydrogen-bond acceptors (Lipinski definition) is 5. The van der Waals surface area contributed by atoms with Crippen LogP contribution in [0.3, 0.4) is 0 Å². The minimum Gasteiger partial charge on any atom is -0.481 e. The normalized spacial score (nSPS) is 11.1.